The van der Waals surface area contributed by atoms with E-state index in [1.807, 2.05) is 37.3 Å². The first-order chi connectivity index (χ1) is 17.5. The number of aromatic hydroxyl groups is 1. The quantitative estimate of drug-likeness (QED) is 0.329. The van der Waals surface area contributed by atoms with E-state index in [1.54, 1.807) is 25.2 Å². The molecule has 0 spiro atoms. The smallest absolute Gasteiger partial charge is 0.267 e. The fourth-order valence-corrected chi connectivity index (χ4v) is 4.00. The average molecular weight is 498 g/mol. The number of anilines is 1. The molecule has 3 rings (SSSR count). The Labute approximate surface area is 211 Å². The minimum Gasteiger partial charge on any atom is -0.506 e. The highest BCUT2D eigenvalue weighted by atomic mass is 16.5. The van der Waals surface area contributed by atoms with Crippen LogP contribution in [0, 0.1) is 0 Å². The zero-order valence-corrected chi connectivity index (χ0v) is 20.9. The van der Waals surface area contributed by atoms with Crippen molar-refractivity contribution >= 4 is 22.5 Å². The van der Waals surface area contributed by atoms with Gasteiger partial charge in [-0.05, 0) is 30.2 Å². The van der Waals surface area contributed by atoms with Gasteiger partial charge in [0.1, 0.15) is 11.3 Å². The number of carbonyl (C=O) groups excluding carboxylic acids is 1. The van der Waals surface area contributed by atoms with Crippen molar-refractivity contribution in [3.05, 3.63) is 70.0 Å². The Morgan fingerprint density at radius 1 is 0.944 bits per heavy atom. The molecule has 0 fully saturated rings. The molecule has 0 saturated heterocycles. The summed E-state index contributed by atoms with van der Waals surface area (Å²) < 4.78 is 17.8. The predicted molar refractivity (Wildman–Crippen MR) is 140 cm³/mol. The molecule has 9 nitrogen and oxygen atoms in total. The summed E-state index contributed by atoms with van der Waals surface area (Å²) >= 11 is 0. The van der Waals surface area contributed by atoms with Crippen molar-refractivity contribution in [2.24, 2.45) is 12.8 Å². The van der Waals surface area contributed by atoms with Crippen LogP contribution in [0.3, 0.4) is 0 Å². The lowest BCUT2D eigenvalue weighted by Gasteiger charge is -2.24. The number of aromatic nitrogens is 1. The molecular formula is C27H35N3O6. The third-order valence-corrected chi connectivity index (χ3v) is 5.86. The first kappa shape index (κ1) is 27.3. The Morgan fingerprint density at radius 2 is 1.58 bits per heavy atom. The van der Waals surface area contributed by atoms with Gasteiger partial charge in [-0.1, -0.05) is 37.3 Å². The number of amides is 1. The maximum Gasteiger partial charge on any atom is 0.267 e. The molecular weight excluding hydrogens is 462 g/mol. The van der Waals surface area contributed by atoms with E-state index in [9.17, 15) is 14.7 Å². The van der Waals surface area contributed by atoms with Gasteiger partial charge in [-0.3, -0.25) is 9.59 Å². The van der Waals surface area contributed by atoms with Crippen molar-refractivity contribution in [2.45, 2.75) is 13.3 Å². The maximum absolute atomic E-state index is 13.7. The minimum atomic E-state index is -0.580. The molecule has 194 valence electrons. The van der Waals surface area contributed by atoms with Gasteiger partial charge in [-0.15, -0.1) is 0 Å². The number of fused-ring (bicyclic) bond motifs is 1. The van der Waals surface area contributed by atoms with Crippen LogP contribution in [0.5, 0.6) is 5.75 Å². The summed E-state index contributed by atoms with van der Waals surface area (Å²) in [5.74, 6) is -0.869. The van der Waals surface area contributed by atoms with Gasteiger partial charge in [-0.2, -0.15) is 0 Å². The van der Waals surface area contributed by atoms with Gasteiger partial charge in [-0.25, -0.2) is 0 Å². The number of para-hydroxylation sites is 1. The van der Waals surface area contributed by atoms with Crippen LogP contribution in [-0.4, -0.2) is 68.3 Å². The molecule has 0 atom stereocenters. The van der Waals surface area contributed by atoms with Gasteiger partial charge in [0.2, 0.25) is 0 Å². The van der Waals surface area contributed by atoms with Crippen molar-refractivity contribution in [3.63, 3.8) is 0 Å². The summed E-state index contributed by atoms with van der Waals surface area (Å²) in [6.07, 6.45) is 0.647. The molecule has 0 radical (unpaired) electrons. The third-order valence-electron chi connectivity index (χ3n) is 5.86. The molecule has 0 saturated carbocycles. The summed E-state index contributed by atoms with van der Waals surface area (Å²) in [5.41, 5.74) is 6.60. The number of nitrogens with zero attached hydrogens (tertiary/aromatic N) is 2. The van der Waals surface area contributed by atoms with Crippen LogP contribution < -0.4 is 16.2 Å². The van der Waals surface area contributed by atoms with Gasteiger partial charge < -0.3 is 34.5 Å². The van der Waals surface area contributed by atoms with Crippen LogP contribution in [0.25, 0.3) is 10.9 Å². The Hall–Kier alpha value is -3.24. The SMILES string of the molecule is CCc1cccc2c1c(O)c(C(=O)N(CCOCCOCCOCCN)c1ccccc1)c(=O)n2C. The highest BCUT2D eigenvalue weighted by molar-refractivity contribution is 6.10. The van der Waals surface area contributed by atoms with E-state index in [0.29, 0.717) is 62.6 Å². The van der Waals surface area contributed by atoms with E-state index in [1.165, 1.54) is 9.47 Å². The number of aryl methyl sites for hydroxylation is 2. The number of rotatable bonds is 14. The van der Waals surface area contributed by atoms with Crippen molar-refractivity contribution in [2.75, 3.05) is 57.6 Å². The summed E-state index contributed by atoms with van der Waals surface area (Å²) in [7, 11) is 1.61. The van der Waals surface area contributed by atoms with Crippen LogP contribution in [0.4, 0.5) is 5.69 Å². The molecule has 9 heteroatoms. The molecule has 0 aliphatic heterocycles. The van der Waals surface area contributed by atoms with Gasteiger partial charge in [0.25, 0.3) is 11.5 Å². The molecule has 2 aromatic carbocycles. The highest BCUT2D eigenvalue weighted by Gasteiger charge is 2.27. The van der Waals surface area contributed by atoms with Crippen molar-refractivity contribution in [3.8, 4) is 5.75 Å². The lowest BCUT2D eigenvalue weighted by molar-refractivity contribution is 0.0172. The van der Waals surface area contributed by atoms with Gasteiger partial charge in [0, 0.05) is 31.2 Å². The first-order valence-corrected chi connectivity index (χ1v) is 12.1. The Bertz CT molecular complexity index is 1200. The van der Waals surface area contributed by atoms with Crippen LogP contribution in [0.1, 0.15) is 22.8 Å². The fraction of sp³-hybridized carbons (Fsp3) is 0.407. The van der Waals surface area contributed by atoms with Crippen LogP contribution in [-0.2, 0) is 27.7 Å². The van der Waals surface area contributed by atoms with E-state index in [4.69, 9.17) is 19.9 Å². The molecule has 0 aliphatic rings. The molecule has 1 heterocycles. The summed E-state index contributed by atoms with van der Waals surface area (Å²) in [6, 6.07) is 14.5. The van der Waals surface area contributed by atoms with Crippen molar-refractivity contribution < 1.29 is 24.1 Å². The maximum atomic E-state index is 13.7. The number of carbonyl (C=O) groups is 1. The number of ether oxygens (including phenoxy) is 3. The van der Waals surface area contributed by atoms with Crippen LogP contribution in [0.15, 0.2) is 53.3 Å². The minimum absolute atomic E-state index is 0.193. The number of benzene rings is 2. The molecule has 3 aromatic rings. The molecule has 36 heavy (non-hydrogen) atoms. The molecule has 3 N–H and O–H groups in total. The molecule has 0 bridgehead atoms. The normalized spacial score (nSPS) is 11.2. The standard InChI is InChI=1S/C27H35N3O6/c1-3-20-8-7-11-22-23(20)25(31)24(26(32)29(22)2)27(33)30(21-9-5-4-6-10-21)13-15-35-17-19-36-18-16-34-14-12-28/h4-11,31H,3,12-19,28H2,1-2H3. The summed E-state index contributed by atoms with van der Waals surface area (Å²) in [5, 5.41) is 11.7. The van der Waals surface area contributed by atoms with Crippen molar-refractivity contribution in [1.82, 2.24) is 4.57 Å². The van der Waals surface area contributed by atoms with Gasteiger partial charge in [0.05, 0.1) is 45.2 Å². The number of hydrogen-bond donors (Lipinski definition) is 2. The van der Waals surface area contributed by atoms with E-state index in [2.05, 4.69) is 0 Å². The van der Waals surface area contributed by atoms with E-state index >= 15 is 0 Å². The Balaban J connectivity index is 1.77. The summed E-state index contributed by atoms with van der Waals surface area (Å²) in [6.45, 7) is 5.00. The van der Waals surface area contributed by atoms with Gasteiger partial charge in [0.15, 0.2) is 0 Å². The molecule has 1 aromatic heterocycles. The zero-order valence-electron chi connectivity index (χ0n) is 20.9. The molecule has 1 amide bonds. The number of hydrogen-bond acceptors (Lipinski definition) is 7. The fourth-order valence-electron chi connectivity index (χ4n) is 4.00. The third kappa shape index (κ3) is 6.50. The van der Waals surface area contributed by atoms with E-state index in [-0.39, 0.29) is 24.5 Å². The Kier molecular flexibility index (Phi) is 10.4. The lowest BCUT2D eigenvalue weighted by Crippen LogP contribution is -2.38. The van der Waals surface area contributed by atoms with Crippen LogP contribution >= 0.6 is 0 Å². The predicted octanol–water partition coefficient (Wildman–Crippen LogP) is 2.46. The van der Waals surface area contributed by atoms with Crippen LogP contribution in [0.2, 0.25) is 0 Å². The summed E-state index contributed by atoms with van der Waals surface area (Å²) in [4.78, 5) is 28.4. The number of nitrogens with two attached hydrogens (primary N) is 1. The average Bonchev–Trinajstić information content (AvgIpc) is 2.90. The molecule has 0 aliphatic carbocycles. The monoisotopic (exact) mass is 497 g/mol. The molecule has 0 unspecified atom stereocenters. The second kappa shape index (κ2) is 13.7. The van der Waals surface area contributed by atoms with E-state index in [0.717, 1.165) is 5.56 Å². The second-order valence-electron chi connectivity index (χ2n) is 8.17. The largest absolute Gasteiger partial charge is 0.506 e. The topological polar surface area (TPSA) is 116 Å². The van der Waals surface area contributed by atoms with Crippen molar-refractivity contribution in [1.29, 1.82) is 0 Å². The van der Waals surface area contributed by atoms with E-state index < -0.39 is 11.5 Å². The highest BCUT2D eigenvalue weighted by Crippen LogP contribution is 2.31. The van der Waals surface area contributed by atoms with Gasteiger partial charge >= 0.3 is 0 Å². The lowest BCUT2D eigenvalue weighted by atomic mass is 10.0. The first-order valence-electron chi connectivity index (χ1n) is 12.1. The number of pyridine rings is 1. The zero-order chi connectivity index (χ0) is 25.9. The Morgan fingerprint density at radius 3 is 2.22 bits per heavy atom. The second-order valence-corrected chi connectivity index (χ2v) is 8.17.